The number of likely N-dealkylation sites (tertiary alicyclic amines) is 1. The van der Waals surface area contributed by atoms with Gasteiger partial charge >= 0.3 is 0 Å². The average Bonchev–Trinajstić information content (AvgIpc) is 2.73. The van der Waals surface area contributed by atoms with Crippen LogP contribution in [0.2, 0.25) is 0 Å². The van der Waals surface area contributed by atoms with Crippen molar-refractivity contribution in [3.05, 3.63) is 82.5 Å². The number of aromatic nitrogens is 4. The van der Waals surface area contributed by atoms with Crippen LogP contribution >= 0.6 is 0 Å². The first-order valence-electron chi connectivity index (χ1n) is 10.5. The molecular formula is C24H27N5O. The van der Waals surface area contributed by atoms with Crippen LogP contribution < -0.4 is 0 Å². The molecule has 1 amide bonds. The van der Waals surface area contributed by atoms with Gasteiger partial charge in [0.25, 0.3) is 5.91 Å². The molecule has 1 unspecified atom stereocenters. The zero-order valence-corrected chi connectivity index (χ0v) is 17.8. The summed E-state index contributed by atoms with van der Waals surface area (Å²) in [5, 5.41) is 0. The standard InChI is InChI=1S/C24H27N5O/c1-16-6-9-26-20(11-16)12-21-13-23(28-18(3)27-21)19-5-4-10-29(15-19)24(30)22-14-25-8-7-17(22)2/h6-9,11,13-14,19H,4-5,10,12,15H2,1-3H3. The summed E-state index contributed by atoms with van der Waals surface area (Å²) < 4.78 is 0. The summed E-state index contributed by atoms with van der Waals surface area (Å²) in [5.41, 5.74) is 5.84. The first-order valence-corrected chi connectivity index (χ1v) is 10.5. The van der Waals surface area contributed by atoms with Crippen molar-refractivity contribution in [3.63, 3.8) is 0 Å². The Bertz CT molecular complexity index is 1060. The zero-order valence-electron chi connectivity index (χ0n) is 17.8. The summed E-state index contributed by atoms with van der Waals surface area (Å²) >= 11 is 0. The molecule has 154 valence electrons. The lowest BCUT2D eigenvalue weighted by atomic mass is 9.93. The summed E-state index contributed by atoms with van der Waals surface area (Å²) in [7, 11) is 0. The Labute approximate surface area is 177 Å². The van der Waals surface area contributed by atoms with Crippen molar-refractivity contribution in [2.75, 3.05) is 13.1 Å². The van der Waals surface area contributed by atoms with E-state index in [4.69, 9.17) is 4.98 Å². The average molecular weight is 402 g/mol. The molecule has 0 aromatic carbocycles. The Morgan fingerprint density at radius 1 is 1.10 bits per heavy atom. The number of hydrogen-bond acceptors (Lipinski definition) is 5. The van der Waals surface area contributed by atoms with Crippen LogP contribution in [-0.4, -0.2) is 43.8 Å². The molecule has 1 aliphatic heterocycles. The molecule has 3 aromatic rings. The zero-order chi connectivity index (χ0) is 21.1. The fraction of sp³-hybridized carbons (Fsp3) is 0.375. The third-order valence-electron chi connectivity index (χ3n) is 5.64. The van der Waals surface area contributed by atoms with Gasteiger partial charge in [0.15, 0.2) is 0 Å². The minimum Gasteiger partial charge on any atom is -0.338 e. The van der Waals surface area contributed by atoms with Crippen LogP contribution in [0.4, 0.5) is 0 Å². The molecule has 1 saturated heterocycles. The van der Waals surface area contributed by atoms with Gasteiger partial charge in [0.2, 0.25) is 0 Å². The monoisotopic (exact) mass is 401 g/mol. The molecule has 0 aliphatic carbocycles. The van der Waals surface area contributed by atoms with Gasteiger partial charge in [-0.3, -0.25) is 14.8 Å². The number of carbonyl (C=O) groups is 1. The van der Waals surface area contributed by atoms with Gasteiger partial charge in [0.1, 0.15) is 5.82 Å². The summed E-state index contributed by atoms with van der Waals surface area (Å²) in [6, 6.07) is 8.06. The summed E-state index contributed by atoms with van der Waals surface area (Å²) in [5.74, 6) is 1.03. The molecule has 6 nitrogen and oxygen atoms in total. The summed E-state index contributed by atoms with van der Waals surface area (Å²) in [6.45, 7) is 7.40. The van der Waals surface area contributed by atoms with E-state index in [2.05, 4.69) is 34.0 Å². The molecular weight excluding hydrogens is 374 g/mol. The van der Waals surface area contributed by atoms with Gasteiger partial charge in [0, 0.05) is 55.4 Å². The minimum absolute atomic E-state index is 0.0558. The SMILES string of the molecule is Cc1ccnc(Cc2cc(C3CCCN(C(=O)c4cnccc4C)C3)nc(C)n2)c1. The van der Waals surface area contributed by atoms with Crippen molar-refractivity contribution >= 4 is 5.91 Å². The lowest BCUT2D eigenvalue weighted by Gasteiger charge is -2.33. The Morgan fingerprint density at radius 2 is 1.97 bits per heavy atom. The van der Waals surface area contributed by atoms with E-state index in [0.29, 0.717) is 18.5 Å². The molecule has 0 spiro atoms. The molecule has 30 heavy (non-hydrogen) atoms. The van der Waals surface area contributed by atoms with Gasteiger partial charge in [-0.25, -0.2) is 9.97 Å². The Kier molecular flexibility index (Phi) is 5.84. The second kappa shape index (κ2) is 8.69. The van der Waals surface area contributed by atoms with E-state index in [0.717, 1.165) is 47.9 Å². The quantitative estimate of drug-likeness (QED) is 0.665. The predicted octanol–water partition coefficient (Wildman–Crippen LogP) is 3.80. The highest BCUT2D eigenvalue weighted by atomic mass is 16.2. The number of carbonyl (C=O) groups excluding carboxylic acids is 1. The highest BCUT2D eigenvalue weighted by Gasteiger charge is 2.27. The molecule has 0 N–H and O–H groups in total. The van der Waals surface area contributed by atoms with E-state index in [1.807, 2.05) is 37.1 Å². The Hall–Kier alpha value is -3.15. The van der Waals surface area contributed by atoms with Crippen molar-refractivity contribution < 1.29 is 4.79 Å². The van der Waals surface area contributed by atoms with Crippen LogP contribution in [0.25, 0.3) is 0 Å². The highest BCUT2D eigenvalue weighted by Crippen LogP contribution is 2.27. The lowest BCUT2D eigenvalue weighted by molar-refractivity contribution is 0.0704. The van der Waals surface area contributed by atoms with Crippen LogP contribution in [0.15, 0.2) is 42.9 Å². The van der Waals surface area contributed by atoms with Crippen molar-refractivity contribution in [2.24, 2.45) is 0 Å². The second-order valence-corrected chi connectivity index (χ2v) is 8.11. The molecule has 4 rings (SSSR count). The normalized spacial score (nSPS) is 16.5. The maximum atomic E-state index is 13.0. The number of aryl methyl sites for hydroxylation is 3. The number of pyridine rings is 2. The fourth-order valence-electron chi connectivity index (χ4n) is 4.10. The summed E-state index contributed by atoms with van der Waals surface area (Å²) in [4.78, 5) is 32.9. The Morgan fingerprint density at radius 3 is 2.77 bits per heavy atom. The first-order chi connectivity index (χ1) is 14.5. The van der Waals surface area contributed by atoms with Gasteiger partial charge in [-0.2, -0.15) is 0 Å². The summed E-state index contributed by atoms with van der Waals surface area (Å²) in [6.07, 6.45) is 7.90. The molecule has 0 radical (unpaired) electrons. The molecule has 3 aromatic heterocycles. The third kappa shape index (κ3) is 4.53. The van der Waals surface area contributed by atoms with Gasteiger partial charge in [-0.05, 0) is 69.0 Å². The minimum atomic E-state index is 0.0558. The van der Waals surface area contributed by atoms with Crippen LogP contribution in [0.3, 0.4) is 0 Å². The number of rotatable bonds is 4. The number of amides is 1. The fourth-order valence-corrected chi connectivity index (χ4v) is 4.10. The van der Waals surface area contributed by atoms with Crippen molar-refractivity contribution in [2.45, 2.75) is 46.0 Å². The van der Waals surface area contributed by atoms with Crippen LogP contribution in [0.5, 0.6) is 0 Å². The Balaban J connectivity index is 1.54. The van der Waals surface area contributed by atoms with E-state index in [1.165, 1.54) is 5.56 Å². The molecule has 0 saturated carbocycles. The van der Waals surface area contributed by atoms with Crippen molar-refractivity contribution in [1.29, 1.82) is 0 Å². The van der Waals surface area contributed by atoms with Crippen LogP contribution in [0.1, 0.15) is 63.2 Å². The molecule has 6 heteroatoms. The highest BCUT2D eigenvalue weighted by molar-refractivity contribution is 5.95. The topological polar surface area (TPSA) is 71.9 Å². The van der Waals surface area contributed by atoms with Crippen LogP contribution in [-0.2, 0) is 6.42 Å². The first kappa shape index (κ1) is 20.1. The van der Waals surface area contributed by atoms with Crippen molar-refractivity contribution in [3.8, 4) is 0 Å². The van der Waals surface area contributed by atoms with Gasteiger partial charge in [0.05, 0.1) is 11.3 Å². The van der Waals surface area contributed by atoms with Crippen molar-refractivity contribution in [1.82, 2.24) is 24.8 Å². The third-order valence-corrected chi connectivity index (χ3v) is 5.64. The molecule has 0 bridgehead atoms. The van der Waals surface area contributed by atoms with E-state index in [-0.39, 0.29) is 11.8 Å². The molecule has 1 fully saturated rings. The lowest BCUT2D eigenvalue weighted by Crippen LogP contribution is -2.39. The maximum absolute atomic E-state index is 13.0. The van der Waals surface area contributed by atoms with Gasteiger partial charge in [-0.1, -0.05) is 0 Å². The van der Waals surface area contributed by atoms with E-state index >= 15 is 0 Å². The largest absolute Gasteiger partial charge is 0.338 e. The van der Waals surface area contributed by atoms with E-state index in [9.17, 15) is 4.79 Å². The number of nitrogens with zero attached hydrogens (tertiary/aromatic N) is 5. The van der Waals surface area contributed by atoms with Gasteiger partial charge < -0.3 is 4.90 Å². The smallest absolute Gasteiger partial charge is 0.255 e. The predicted molar refractivity (Wildman–Crippen MR) is 115 cm³/mol. The second-order valence-electron chi connectivity index (χ2n) is 8.11. The van der Waals surface area contributed by atoms with Gasteiger partial charge in [-0.15, -0.1) is 0 Å². The molecule has 1 aliphatic rings. The number of hydrogen-bond donors (Lipinski definition) is 0. The molecule has 1 atom stereocenters. The maximum Gasteiger partial charge on any atom is 0.255 e. The van der Waals surface area contributed by atoms with E-state index in [1.54, 1.807) is 12.4 Å². The molecule has 4 heterocycles. The number of piperidine rings is 1. The van der Waals surface area contributed by atoms with E-state index < -0.39 is 0 Å². The van der Waals surface area contributed by atoms with Crippen LogP contribution in [0, 0.1) is 20.8 Å².